The van der Waals surface area contributed by atoms with Gasteiger partial charge in [-0.15, -0.1) is 0 Å². The van der Waals surface area contributed by atoms with Gasteiger partial charge in [0.2, 0.25) is 5.89 Å². The third-order valence-corrected chi connectivity index (χ3v) is 4.50. The summed E-state index contributed by atoms with van der Waals surface area (Å²) in [6.45, 7) is 1.98. The predicted octanol–water partition coefficient (Wildman–Crippen LogP) is 5.18. The number of aryl methyl sites for hydroxylation is 1. The van der Waals surface area contributed by atoms with Gasteiger partial charge in [0, 0.05) is 5.69 Å². The molecule has 8 heteroatoms. The molecule has 0 bridgehead atoms. The van der Waals surface area contributed by atoms with E-state index in [4.69, 9.17) is 32.7 Å². The van der Waals surface area contributed by atoms with Gasteiger partial charge in [-0.3, -0.25) is 10.1 Å². The minimum atomic E-state index is -0.439. The van der Waals surface area contributed by atoms with Crippen LogP contribution in [0.2, 0.25) is 5.02 Å². The third kappa shape index (κ3) is 3.76. The van der Waals surface area contributed by atoms with Crippen LogP contribution in [0, 0.1) is 6.92 Å². The molecule has 0 unspecified atom stereocenters. The fraction of sp³-hybridized carbons (Fsp3) is 0.0500. The van der Waals surface area contributed by atoms with Gasteiger partial charge in [-0.2, -0.15) is 0 Å². The summed E-state index contributed by atoms with van der Waals surface area (Å²) in [7, 11) is 0. The number of furan rings is 1. The van der Waals surface area contributed by atoms with Crippen molar-refractivity contribution < 1.29 is 13.6 Å². The Kier molecular flexibility index (Phi) is 4.85. The zero-order chi connectivity index (χ0) is 19.7. The molecule has 2 N–H and O–H groups in total. The highest BCUT2D eigenvalue weighted by molar-refractivity contribution is 7.80. The summed E-state index contributed by atoms with van der Waals surface area (Å²) in [6, 6.07) is 14.2. The maximum absolute atomic E-state index is 12.0. The Morgan fingerprint density at radius 2 is 2.04 bits per heavy atom. The van der Waals surface area contributed by atoms with E-state index in [1.54, 1.807) is 30.3 Å². The Morgan fingerprint density at radius 3 is 2.82 bits per heavy atom. The summed E-state index contributed by atoms with van der Waals surface area (Å²) in [6.07, 6.45) is 1.42. The van der Waals surface area contributed by atoms with E-state index in [0.29, 0.717) is 27.7 Å². The van der Waals surface area contributed by atoms with Crippen molar-refractivity contribution in [2.45, 2.75) is 6.92 Å². The number of amides is 1. The molecule has 0 aliphatic heterocycles. The first-order valence-electron chi connectivity index (χ1n) is 8.32. The molecule has 1 amide bonds. The number of aromatic nitrogens is 1. The highest BCUT2D eigenvalue weighted by atomic mass is 35.5. The number of nitrogens with zero attached hydrogens (tertiary/aromatic N) is 1. The quantitative estimate of drug-likeness (QED) is 0.452. The molecule has 6 nitrogen and oxygen atoms in total. The smallest absolute Gasteiger partial charge is 0.293 e. The molecule has 0 saturated heterocycles. The van der Waals surface area contributed by atoms with Gasteiger partial charge in [0.05, 0.1) is 16.8 Å². The molecule has 2 aromatic heterocycles. The largest absolute Gasteiger partial charge is 0.459 e. The first kappa shape index (κ1) is 18.2. The average molecular weight is 412 g/mol. The lowest BCUT2D eigenvalue weighted by Crippen LogP contribution is -2.33. The van der Waals surface area contributed by atoms with Gasteiger partial charge in [0.15, 0.2) is 16.5 Å². The molecule has 2 heterocycles. The molecule has 0 aliphatic carbocycles. The van der Waals surface area contributed by atoms with Crippen molar-refractivity contribution in [1.82, 2.24) is 10.3 Å². The fourth-order valence-corrected chi connectivity index (χ4v) is 3.06. The van der Waals surface area contributed by atoms with Crippen LogP contribution in [0.3, 0.4) is 0 Å². The molecule has 0 aliphatic rings. The van der Waals surface area contributed by atoms with Crippen LogP contribution in [0.25, 0.3) is 22.6 Å². The number of anilines is 1. The molecule has 0 atom stereocenters. The SMILES string of the molecule is Cc1ccc2nc(-c3cc(NC(=S)NC(=O)c4ccco4)ccc3Cl)oc2c1. The monoisotopic (exact) mass is 411 g/mol. The van der Waals surface area contributed by atoms with Gasteiger partial charge in [-0.1, -0.05) is 17.7 Å². The minimum Gasteiger partial charge on any atom is -0.459 e. The fourth-order valence-electron chi connectivity index (χ4n) is 2.65. The van der Waals surface area contributed by atoms with E-state index in [2.05, 4.69) is 15.6 Å². The van der Waals surface area contributed by atoms with E-state index >= 15 is 0 Å². The van der Waals surface area contributed by atoms with Gasteiger partial charge in [-0.05, 0) is 67.2 Å². The summed E-state index contributed by atoms with van der Waals surface area (Å²) < 4.78 is 10.9. The highest BCUT2D eigenvalue weighted by Gasteiger charge is 2.14. The Bertz CT molecular complexity index is 1180. The summed E-state index contributed by atoms with van der Waals surface area (Å²) in [5.41, 5.74) is 3.75. The van der Waals surface area contributed by atoms with Crippen LogP contribution in [-0.4, -0.2) is 16.0 Å². The van der Waals surface area contributed by atoms with Gasteiger partial charge in [0.25, 0.3) is 5.91 Å². The van der Waals surface area contributed by atoms with Crippen molar-refractivity contribution >= 4 is 51.6 Å². The Hall–Kier alpha value is -3.16. The molecular weight excluding hydrogens is 398 g/mol. The number of hydrogen-bond acceptors (Lipinski definition) is 5. The number of fused-ring (bicyclic) bond motifs is 1. The van der Waals surface area contributed by atoms with E-state index < -0.39 is 5.91 Å². The predicted molar refractivity (Wildman–Crippen MR) is 112 cm³/mol. The Balaban J connectivity index is 1.56. The Morgan fingerprint density at radius 1 is 1.18 bits per heavy atom. The molecule has 0 saturated carbocycles. The zero-order valence-electron chi connectivity index (χ0n) is 14.7. The molecule has 4 aromatic rings. The number of nitrogens with one attached hydrogen (secondary N) is 2. The van der Waals surface area contributed by atoms with Crippen molar-refractivity contribution in [3.63, 3.8) is 0 Å². The molecule has 28 heavy (non-hydrogen) atoms. The number of rotatable bonds is 3. The number of carbonyl (C=O) groups is 1. The summed E-state index contributed by atoms with van der Waals surface area (Å²) >= 11 is 11.5. The maximum atomic E-state index is 12.0. The van der Waals surface area contributed by atoms with Crippen molar-refractivity contribution in [3.05, 3.63) is 71.1 Å². The lowest BCUT2D eigenvalue weighted by Gasteiger charge is -2.10. The van der Waals surface area contributed by atoms with Crippen LogP contribution < -0.4 is 10.6 Å². The minimum absolute atomic E-state index is 0.128. The van der Waals surface area contributed by atoms with Crippen LogP contribution in [0.15, 0.2) is 63.6 Å². The summed E-state index contributed by atoms with van der Waals surface area (Å²) in [5.74, 6) is 0.133. The number of halogens is 1. The molecule has 2 aromatic carbocycles. The topological polar surface area (TPSA) is 80.3 Å². The summed E-state index contributed by atoms with van der Waals surface area (Å²) in [5, 5.41) is 6.11. The van der Waals surface area contributed by atoms with Crippen molar-refractivity contribution in [2.24, 2.45) is 0 Å². The normalized spacial score (nSPS) is 10.8. The molecule has 0 fully saturated rings. The first-order chi connectivity index (χ1) is 13.5. The number of benzene rings is 2. The van der Waals surface area contributed by atoms with E-state index in [1.807, 2.05) is 25.1 Å². The van der Waals surface area contributed by atoms with Crippen molar-refractivity contribution in [3.8, 4) is 11.5 Å². The van der Waals surface area contributed by atoms with Crippen molar-refractivity contribution in [2.75, 3.05) is 5.32 Å². The number of carbonyl (C=O) groups excluding carboxylic acids is 1. The second kappa shape index (κ2) is 7.46. The second-order valence-electron chi connectivity index (χ2n) is 6.07. The maximum Gasteiger partial charge on any atom is 0.293 e. The van der Waals surface area contributed by atoms with Crippen molar-refractivity contribution in [1.29, 1.82) is 0 Å². The Labute approximate surface area is 170 Å². The van der Waals surface area contributed by atoms with Crippen LogP contribution in [0.5, 0.6) is 0 Å². The van der Waals surface area contributed by atoms with Gasteiger partial charge in [0.1, 0.15) is 5.52 Å². The lowest BCUT2D eigenvalue weighted by atomic mass is 10.2. The molecule has 140 valence electrons. The van der Waals surface area contributed by atoms with Gasteiger partial charge in [-0.25, -0.2) is 4.98 Å². The number of hydrogen-bond donors (Lipinski definition) is 2. The molecule has 0 radical (unpaired) electrons. The first-order valence-corrected chi connectivity index (χ1v) is 9.11. The van der Waals surface area contributed by atoms with Gasteiger partial charge < -0.3 is 14.2 Å². The third-order valence-electron chi connectivity index (χ3n) is 3.97. The molecule has 0 spiro atoms. The molecular formula is C20H14ClN3O3S. The van der Waals surface area contributed by atoms with E-state index in [9.17, 15) is 4.79 Å². The number of oxazole rings is 1. The van der Waals surface area contributed by atoms with E-state index in [0.717, 1.165) is 11.1 Å². The average Bonchev–Trinajstić information content (AvgIpc) is 3.32. The van der Waals surface area contributed by atoms with Crippen LogP contribution >= 0.6 is 23.8 Å². The van der Waals surface area contributed by atoms with Crippen LogP contribution in [0.1, 0.15) is 16.1 Å². The highest BCUT2D eigenvalue weighted by Crippen LogP contribution is 2.32. The molecule has 4 rings (SSSR count). The van der Waals surface area contributed by atoms with Gasteiger partial charge >= 0.3 is 0 Å². The lowest BCUT2D eigenvalue weighted by molar-refractivity contribution is 0.0950. The van der Waals surface area contributed by atoms with E-state index in [-0.39, 0.29) is 10.9 Å². The second-order valence-corrected chi connectivity index (χ2v) is 6.89. The van der Waals surface area contributed by atoms with Crippen LogP contribution in [0.4, 0.5) is 5.69 Å². The number of thiocarbonyl (C=S) groups is 1. The summed E-state index contributed by atoms with van der Waals surface area (Å²) in [4.78, 5) is 16.5. The zero-order valence-corrected chi connectivity index (χ0v) is 16.2. The standard InChI is InChI=1S/C20H14ClN3O3S/c1-11-4-7-15-17(9-11)27-19(23-15)13-10-12(5-6-14(13)21)22-20(28)24-18(25)16-3-2-8-26-16/h2-10H,1H3,(H2,22,24,25,28). The van der Waals surface area contributed by atoms with E-state index in [1.165, 1.54) is 6.26 Å². The van der Waals surface area contributed by atoms with Crippen LogP contribution in [-0.2, 0) is 0 Å².